The first kappa shape index (κ1) is 27.9. The third kappa shape index (κ3) is 8.16. The molecule has 0 radical (unpaired) electrons. The standard InChI is InChI=1S/C28H24FO5P.Na/c29-25-15-11-22(12-16-25)20-24(19-21-7-3-1-4-8-21)28(30)23-13-17-27(18-14-23)34-35(31,32)33-26-9-5-2-6-10-26;/h1-18,24H,19-20H2,(H,31,32);/q;+1/p-1. The van der Waals surface area contributed by atoms with E-state index in [4.69, 9.17) is 9.05 Å². The SMILES string of the molecule is O=C(c1ccc(OP(=O)([O-])Oc2ccccc2)cc1)C(Cc1ccccc1)Cc1ccc(F)cc1.[Na+]. The van der Waals surface area contributed by atoms with Crippen LogP contribution in [0.15, 0.2) is 109 Å². The number of phosphoric ester groups is 1. The Morgan fingerprint density at radius 1 is 0.722 bits per heavy atom. The molecule has 5 nitrogen and oxygen atoms in total. The third-order valence-corrected chi connectivity index (χ3v) is 6.28. The number of para-hydroxylation sites is 1. The number of Topliss-reactive ketones (excluding diaryl/α,β-unsaturated/α-hetero) is 1. The molecule has 0 bridgehead atoms. The maximum atomic E-state index is 13.4. The van der Waals surface area contributed by atoms with Gasteiger partial charge >= 0.3 is 37.4 Å². The fourth-order valence-corrected chi connectivity index (χ4v) is 4.53. The maximum Gasteiger partial charge on any atom is 1.00 e. The molecule has 0 saturated heterocycles. The molecule has 4 rings (SSSR count). The Balaban J connectivity index is 0.00000361. The zero-order valence-corrected chi connectivity index (χ0v) is 22.6. The monoisotopic (exact) mass is 512 g/mol. The first-order valence-electron chi connectivity index (χ1n) is 11.1. The Morgan fingerprint density at radius 3 is 1.75 bits per heavy atom. The molecule has 0 spiro atoms. The van der Waals surface area contributed by atoms with Gasteiger partial charge in [-0.05, 0) is 72.5 Å². The second-order valence-electron chi connectivity index (χ2n) is 8.05. The molecule has 0 aliphatic carbocycles. The average molecular weight is 512 g/mol. The number of carbonyl (C=O) groups excluding carboxylic acids is 1. The van der Waals surface area contributed by atoms with Crippen LogP contribution in [-0.2, 0) is 17.4 Å². The molecule has 0 fully saturated rings. The summed E-state index contributed by atoms with van der Waals surface area (Å²) in [5.74, 6) is -0.643. The summed E-state index contributed by atoms with van der Waals surface area (Å²) in [6.45, 7) is 0. The number of rotatable bonds is 10. The minimum Gasteiger partial charge on any atom is -0.736 e. The molecule has 178 valence electrons. The number of hydrogen-bond donors (Lipinski definition) is 0. The van der Waals surface area contributed by atoms with Crippen molar-refractivity contribution in [3.63, 3.8) is 0 Å². The largest absolute Gasteiger partial charge is 1.00 e. The Hall–Kier alpha value is -2.73. The van der Waals surface area contributed by atoms with Gasteiger partial charge in [0.15, 0.2) is 5.78 Å². The van der Waals surface area contributed by atoms with Crippen LogP contribution in [0.3, 0.4) is 0 Å². The molecule has 0 aromatic heterocycles. The van der Waals surface area contributed by atoms with Crippen molar-refractivity contribution in [2.45, 2.75) is 12.8 Å². The van der Waals surface area contributed by atoms with E-state index in [9.17, 15) is 18.6 Å². The Bertz CT molecular complexity index is 1300. The van der Waals surface area contributed by atoms with E-state index in [-0.39, 0.29) is 58.6 Å². The van der Waals surface area contributed by atoms with E-state index in [1.54, 1.807) is 30.3 Å². The Morgan fingerprint density at radius 2 is 1.19 bits per heavy atom. The van der Waals surface area contributed by atoms with Crippen LogP contribution < -0.4 is 43.5 Å². The van der Waals surface area contributed by atoms with Gasteiger partial charge in [0.05, 0.1) is 0 Å². The van der Waals surface area contributed by atoms with Crippen molar-refractivity contribution in [2.24, 2.45) is 5.92 Å². The van der Waals surface area contributed by atoms with Crippen molar-refractivity contribution in [3.8, 4) is 11.5 Å². The van der Waals surface area contributed by atoms with E-state index in [0.717, 1.165) is 11.1 Å². The van der Waals surface area contributed by atoms with Crippen LogP contribution in [0.2, 0.25) is 0 Å². The predicted molar refractivity (Wildman–Crippen MR) is 130 cm³/mol. The van der Waals surface area contributed by atoms with Crippen molar-refractivity contribution in [3.05, 3.63) is 132 Å². The molecule has 0 N–H and O–H groups in total. The summed E-state index contributed by atoms with van der Waals surface area (Å²) >= 11 is 0. The van der Waals surface area contributed by atoms with Crippen LogP contribution in [0.1, 0.15) is 21.5 Å². The van der Waals surface area contributed by atoms with Crippen molar-refractivity contribution < 1.29 is 57.2 Å². The molecule has 8 heteroatoms. The van der Waals surface area contributed by atoms with Gasteiger partial charge in [-0.2, -0.15) is 0 Å². The fourth-order valence-electron chi connectivity index (χ4n) is 3.74. The summed E-state index contributed by atoms with van der Waals surface area (Å²) in [6, 6.07) is 29.7. The van der Waals surface area contributed by atoms with Gasteiger partial charge in [0, 0.05) is 11.5 Å². The Kier molecular flexibility index (Phi) is 10.1. The van der Waals surface area contributed by atoms with Crippen LogP contribution in [0.4, 0.5) is 4.39 Å². The maximum absolute atomic E-state index is 13.4. The van der Waals surface area contributed by atoms with Crippen LogP contribution in [0.25, 0.3) is 0 Å². The van der Waals surface area contributed by atoms with Crippen LogP contribution in [-0.4, -0.2) is 5.78 Å². The van der Waals surface area contributed by atoms with Gasteiger partial charge < -0.3 is 13.9 Å². The van der Waals surface area contributed by atoms with Gasteiger partial charge in [0.1, 0.15) is 17.3 Å². The van der Waals surface area contributed by atoms with E-state index in [1.807, 2.05) is 30.3 Å². The summed E-state index contributed by atoms with van der Waals surface area (Å²) in [6.07, 6.45) is 0.947. The molecule has 36 heavy (non-hydrogen) atoms. The number of ketones is 1. The van der Waals surface area contributed by atoms with Gasteiger partial charge in [0.2, 0.25) is 0 Å². The van der Waals surface area contributed by atoms with Gasteiger partial charge in [0.25, 0.3) is 0 Å². The van der Waals surface area contributed by atoms with Crippen LogP contribution in [0, 0.1) is 11.7 Å². The summed E-state index contributed by atoms with van der Waals surface area (Å²) in [4.78, 5) is 25.6. The minimum atomic E-state index is -4.66. The second kappa shape index (κ2) is 13.0. The number of benzene rings is 4. The molecule has 0 aliphatic heterocycles. The topological polar surface area (TPSA) is 75.7 Å². The van der Waals surface area contributed by atoms with Gasteiger partial charge in [-0.3, -0.25) is 4.79 Å². The van der Waals surface area contributed by atoms with Crippen molar-refractivity contribution >= 4 is 13.6 Å². The Labute approximate surface area is 231 Å². The van der Waals surface area contributed by atoms with E-state index < -0.39 is 7.82 Å². The smallest absolute Gasteiger partial charge is 0.736 e. The summed E-state index contributed by atoms with van der Waals surface area (Å²) in [5, 5.41) is 0. The summed E-state index contributed by atoms with van der Waals surface area (Å²) in [7, 11) is -4.66. The first-order chi connectivity index (χ1) is 16.9. The number of hydrogen-bond acceptors (Lipinski definition) is 5. The molecular formula is C28H23FNaO5P. The molecule has 0 saturated carbocycles. The molecule has 2 atom stereocenters. The van der Waals surface area contributed by atoms with Gasteiger partial charge in [-0.1, -0.05) is 60.7 Å². The van der Waals surface area contributed by atoms with Crippen LogP contribution >= 0.6 is 7.82 Å². The van der Waals surface area contributed by atoms with Crippen molar-refractivity contribution in [1.82, 2.24) is 0 Å². The molecule has 0 aliphatic rings. The molecule has 0 heterocycles. The number of carbonyl (C=O) groups is 1. The molecular weight excluding hydrogens is 489 g/mol. The predicted octanol–water partition coefficient (Wildman–Crippen LogP) is 3.04. The summed E-state index contributed by atoms with van der Waals surface area (Å²) in [5.41, 5.74) is 2.29. The normalized spacial score (nSPS) is 13.1. The molecule has 2 unspecified atom stereocenters. The van der Waals surface area contributed by atoms with E-state index in [0.29, 0.717) is 18.4 Å². The quantitative estimate of drug-likeness (QED) is 0.186. The fraction of sp³-hybridized carbons (Fsp3) is 0.107. The minimum absolute atomic E-state index is 0. The van der Waals surface area contributed by atoms with E-state index in [2.05, 4.69) is 0 Å². The van der Waals surface area contributed by atoms with E-state index in [1.165, 1.54) is 48.5 Å². The zero-order valence-electron chi connectivity index (χ0n) is 19.8. The molecule has 0 amide bonds. The second-order valence-corrected chi connectivity index (χ2v) is 9.31. The number of phosphoric acid groups is 1. The molecule has 4 aromatic carbocycles. The number of halogens is 1. The van der Waals surface area contributed by atoms with Crippen LogP contribution in [0.5, 0.6) is 11.5 Å². The third-order valence-electron chi connectivity index (χ3n) is 5.41. The average Bonchev–Trinajstić information content (AvgIpc) is 2.86. The van der Waals surface area contributed by atoms with Crippen molar-refractivity contribution in [1.29, 1.82) is 0 Å². The summed E-state index contributed by atoms with van der Waals surface area (Å²) < 4.78 is 35.5. The van der Waals surface area contributed by atoms with Gasteiger partial charge in [-0.25, -0.2) is 8.96 Å². The molecule has 4 aromatic rings. The van der Waals surface area contributed by atoms with Gasteiger partial charge in [-0.15, -0.1) is 0 Å². The zero-order chi connectivity index (χ0) is 24.7. The van der Waals surface area contributed by atoms with E-state index >= 15 is 0 Å². The van der Waals surface area contributed by atoms with Crippen molar-refractivity contribution in [2.75, 3.05) is 0 Å². The first-order valence-corrected chi connectivity index (χ1v) is 12.5.